The van der Waals surface area contributed by atoms with Gasteiger partial charge in [-0.1, -0.05) is 73.4 Å². The molecule has 0 saturated heterocycles. The van der Waals surface area contributed by atoms with Crippen LogP contribution in [0.3, 0.4) is 0 Å². The molecule has 3 rings (SSSR count). The zero-order valence-electron chi connectivity index (χ0n) is 24.5. The lowest BCUT2D eigenvalue weighted by atomic mass is 9.87. The predicted molar refractivity (Wildman–Crippen MR) is 158 cm³/mol. The van der Waals surface area contributed by atoms with Gasteiger partial charge < -0.3 is 25.0 Å². The van der Waals surface area contributed by atoms with Crippen LogP contribution in [-0.2, 0) is 19.3 Å². The fraction of sp³-hybridized carbons (Fsp3) is 0.533. The minimum absolute atomic E-state index is 0. The lowest BCUT2D eigenvalue weighted by Crippen LogP contribution is -2.13. The number of ketones is 1. The Bertz CT molecular complexity index is 1220. The lowest BCUT2D eigenvalue weighted by Gasteiger charge is -2.18. The first-order valence-electron chi connectivity index (χ1n) is 13.3. The van der Waals surface area contributed by atoms with E-state index in [0.717, 1.165) is 47.9 Å². The number of phenols is 3. The summed E-state index contributed by atoms with van der Waals surface area (Å²) in [6, 6.07) is 6.64. The smallest absolute Gasteiger partial charge is 0.174 e. The highest BCUT2D eigenvalue weighted by atomic mass is 35.5. The molecule has 8 nitrogen and oxygen atoms in total. The second-order valence-electron chi connectivity index (χ2n) is 12.0. The summed E-state index contributed by atoms with van der Waals surface area (Å²) in [5, 5.41) is 42.0. The first-order chi connectivity index (χ1) is 18.1. The highest BCUT2D eigenvalue weighted by Crippen LogP contribution is 2.34. The van der Waals surface area contributed by atoms with Crippen LogP contribution in [0.15, 0.2) is 28.8 Å². The monoisotopic (exact) mass is 567 g/mol. The molecule has 0 aliphatic rings. The van der Waals surface area contributed by atoms with Crippen molar-refractivity contribution in [3.63, 3.8) is 0 Å². The summed E-state index contributed by atoms with van der Waals surface area (Å²) < 4.78 is 5.45. The molecule has 0 bridgehead atoms. The van der Waals surface area contributed by atoms with Gasteiger partial charge in [-0.2, -0.15) is 0 Å². The van der Waals surface area contributed by atoms with Crippen LogP contribution in [0.2, 0.25) is 0 Å². The molecule has 5 N–H and O–H groups in total. The van der Waals surface area contributed by atoms with E-state index < -0.39 is 0 Å². The maximum Gasteiger partial charge on any atom is 0.174 e. The van der Waals surface area contributed by atoms with E-state index in [2.05, 4.69) is 44.6 Å². The number of Topliss-reactive ketones (excluding diaryl/α,β-unsaturated/α-hetero) is 1. The molecule has 0 aliphatic carbocycles. The first-order valence-corrected chi connectivity index (χ1v) is 13.6. The average molecular weight is 568 g/mol. The Balaban J connectivity index is 0.000000677. The number of phenolic OH excluding ortho intramolecular Hbond substituents is 3. The molecule has 0 spiro atoms. The van der Waals surface area contributed by atoms with Gasteiger partial charge in [0.1, 0.15) is 17.2 Å². The van der Waals surface area contributed by atoms with E-state index in [0.29, 0.717) is 29.7 Å². The van der Waals surface area contributed by atoms with Crippen LogP contribution in [0.25, 0.3) is 11.0 Å². The van der Waals surface area contributed by atoms with E-state index >= 15 is 0 Å². The molecule has 220 valence electrons. The van der Waals surface area contributed by atoms with Crippen molar-refractivity contribution in [2.45, 2.75) is 93.9 Å². The standard InChI is InChI=1S/C15H21NO2.C15H22O3.ClH2NO.H2/c1-5-6-11-13(17)8-7-10-12(9-15(2,3)4)16-18-14(10)11;1-5-6-10-12(16)8-7-11(14(10)18)13(17)9-15(2,3)4;1-2-3;/h7-8,17H,5-6,9H2,1-4H3;7-8,16,18H,5-6,9H2,1-4H3;2-3H;1H/i;;;1+1. The quantitative estimate of drug-likeness (QED) is 0.110. The van der Waals surface area contributed by atoms with Crippen molar-refractivity contribution < 1.29 is 31.3 Å². The van der Waals surface area contributed by atoms with Gasteiger partial charge in [-0.25, -0.2) is 0 Å². The summed E-state index contributed by atoms with van der Waals surface area (Å²) in [7, 11) is 0. The number of aryl methyl sites for hydroxylation is 1. The molecule has 1 aromatic heterocycles. The summed E-state index contributed by atoms with van der Waals surface area (Å²) in [5.41, 5.74) is 3.44. The molecule has 0 atom stereocenters. The van der Waals surface area contributed by atoms with Crippen LogP contribution in [-0.4, -0.2) is 31.5 Å². The third kappa shape index (κ3) is 10.7. The van der Waals surface area contributed by atoms with E-state index in [-0.39, 0.29) is 29.5 Å². The highest BCUT2D eigenvalue weighted by Gasteiger charge is 2.22. The van der Waals surface area contributed by atoms with Crippen LogP contribution >= 0.6 is 11.8 Å². The molecular formula is C30H47ClN2O6. The highest BCUT2D eigenvalue weighted by molar-refractivity contribution is 6.12. The number of carbonyl (C=O) groups is 1. The number of carbonyl (C=O) groups excluding carboxylic acids is 1. The van der Waals surface area contributed by atoms with E-state index in [9.17, 15) is 20.1 Å². The van der Waals surface area contributed by atoms with Crippen molar-refractivity contribution in [1.82, 2.24) is 10.2 Å². The Hall–Kier alpha value is -2.81. The number of fused-ring (bicyclic) bond motifs is 1. The van der Waals surface area contributed by atoms with Gasteiger partial charge in [0.15, 0.2) is 11.4 Å². The fourth-order valence-electron chi connectivity index (χ4n) is 4.14. The molecule has 1 heterocycles. The molecule has 0 unspecified atom stereocenters. The lowest BCUT2D eigenvalue weighted by molar-refractivity contribution is 0.0937. The summed E-state index contributed by atoms with van der Waals surface area (Å²) in [4.78, 5) is 13.3. The Kier molecular flexibility index (Phi) is 13.3. The maximum absolute atomic E-state index is 12.1. The van der Waals surface area contributed by atoms with Crippen molar-refractivity contribution in [2.24, 2.45) is 10.8 Å². The molecule has 0 fully saturated rings. The van der Waals surface area contributed by atoms with Gasteiger partial charge in [-0.05, 0) is 54.4 Å². The Labute approximate surface area is 238 Å². The molecule has 9 heteroatoms. The fourth-order valence-corrected chi connectivity index (χ4v) is 4.14. The van der Waals surface area contributed by atoms with Crippen molar-refractivity contribution in [2.75, 3.05) is 0 Å². The summed E-state index contributed by atoms with van der Waals surface area (Å²) in [5.74, 6) is 0.216. The number of hydrogen-bond donors (Lipinski definition) is 5. The van der Waals surface area contributed by atoms with Crippen molar-refractivity contribution in [3.05, 3.63) is 46.6 Å². The van der Waals surface area contributed by atoms with Gasteiger partial charge in [0.2, 0.25) is 0 Å². The molecular weight excluding hydrogens is 520 g/mol. The second kappa shape index (κ2) is 15.1. The molecule has 2 aromatic carbocycles. The van der Waals surface area contributed by atoms with Crippen molar-refractivity contribution in [3.8, 4) is 17.2 Å². The molecule has 0 aliphatic heterocycles. The second-order valence-corrected chi connectivity index (χ2v) is 12.2. The summed E-state index contributed by atoms with van der Waals surface area (Å²) >= 11 is 4.30. The number of benzene rings is 2. The minimum atomic E-state index is -0.119. The molecule has 0 amide bonds. The zero-order chi connectivity index (χ0) is 30.0. The number of hydrogen-bond acceptors (Lipinski definition) is 8. The SMILES string of the molecule is CCCc1c(O)ccc(C(=O)CC(C)(C)C)c1O.CCCc1c(O)ccc2c(CC(C)(C)C)noc12.ONCl.[2HH]. The van der Waals surface area contributed by atoms with Gasteiger partial charge in [0.05, 0.1) is 11.3 Å². The third-order valence-electron chi connectivity index (χ3n) is 5.74. The summed E-state index contributed by atoms with van der Waals surface area (Å²) in [6.45, 7) is 16.5. The van der Waals surface area contributed by atoms with Crippen LogP contribution in [0, 0.1) is 10.8 Å². The van der Waals surface area contributed by atoms with Crippen LogP contribution in [0.5, 0.6) is 17.2 Å². The Morgan fingerprint density at radius 2 is 1.44 bits per heavy atom. The van der Waals surface area contributed by atoms with Crippen LogP contribution in [0.4, 0.5) is 0 Å². The van der Waals surface area contributed by atoms with Gasteiger partial charge >= 0.3 is 0 Å². The van der Waals surface area contributed by atoms with Gasteiger partial charge in [-0.15, -0.1) is 5.00 Å². The van der Waals surface area contributed by atoms with Crippen LogP contribution < -0.4 is 5.00 Å². The molecule has 3 aromatic rings. The van der Waals surface area contributed by atoms with E-state index in [1.165, 1.54) is 17.1 Å². The predicted octanol–water partition coefficient (Wildman–Crippen LogP) is 8.11. The van der Waals surface area contributed by atoms with Gasteiger partial charge in [0, 0.05) is 36.1 Å². The maximum atomic E-state index is 12.1. The largest absolute Gasteiger partial charge is 0.508 e. The minimum Gasteiger partial charge on any atom is -0.508 e. The number of nitrogens with one attached hydrogen (secondary N) is 1. The van der Waals surface area contributed by atoms with Crippen molar-refractivity contribution >= 4 is 28.5 Å². The number of aromatic nitrogens is 1. The Morgan fingerprint density at radius 1 is 0.923 bits per heavy atom. The van der Waals surface area contributed by atoms with E-state index in [1.54, 1.807) is 6.07 Å². The number of rotatable bonds is 7. The number of halogens is 1. The third-order valence-corrected chi connectivity index (χ3v) is 5.74. The topological polar surface area (TPSA) is 136 Å². The normalized spacial score (nSPS) is 11.4. The summed E-state index contributed by atoms with van der Waals surface area (Å²) in [6.07, 6.45) is 4.40. The molecule has 39 heavy (non-hydrogen) atoms. The average Bonchev–Trinajstić information content (AvgIpc) is 3.19. The number of aromatic hydroxyl groups is 3. The molecule has 0 saturated carbocycles. The van der Waals surface area contributed by atoms with Crippen molar-refractivity contribution in [1.29, 1.82) is 0 Å². The van der Waals surface area contributed by atoms with Crippen LogP contribution in [0.1, 0.15) is 103 Å². The number of nitrogens with zero attached hydrogens (tertiary/aromatic N) is 1. The Morgan fingerprint density at radius 3 is 1.95 bits per heavy atom. The first kappa shape index (κ1) is 34.2. The zero-order valence-corrected chi connectivity index (χ0v) is 25.2. The van der Waals surface area contributed by atoms with E-state index in [1.807, 2.05) is 33.8 Å². The van der Waals surface area contributed by atoms with E-state index in [4.69, 9.17) is 9.73 Å². The molecule has 0 radical (unpaired) electrons. The van der Waals surface area contributed by atoms with Gasteiger partial charge in [0.25, 0.3) is 0 Å². The van der Waals surface area contributed by atoms with Gasteiger partial charge in [-0.3, -0.25) is 4.79 Å².